The van der Waals surface area contributed by atoms with Gasteiger partial charge in [-0.2, -0.15) is 0 Å². The molecule has 4 nitrogen and oxygen atoms in total. The minimum atomic E-state index is 0.219. The summed E-state index contributed by atoms with van der Waals surface area (Å²) in [5.41, 5.74) is 20.5. The van der Waals surface area contributed by atoms with Gasteiger partial charge in [-0.25, -0.2) is 4.98 Å². The topological polar surface area (TPSA) is 58.9 Å². The summed E-state index contributed by atoms with van der Waals surface area (Å²) < 4.78 is 0. The summed E-state index contributed by atoms with van der Waals surface area (Å²) in [5, 5.41) is 13.0. The first-order valence-electron chi connectivity index (χ1n) is 22.5. The van der Waals surface area contributed by atoms with Gasteiger partial charge in [0.25, 0.3) is 0 Å². The molecule has 3 aromatic heterocycles. The fourth-order valence-corrected chi connectivity index (χ4v) is 8.81. The van der Waals surface area contributed by atoms with Crippen molar-refractivity contribution in [1.29, 1.82) is 0 Å². The zero-order valence-corrected chi connectivity index (χ0v) is 36.7. The van der Waals surface area contributed by atoms with Crippen molar-refractivity contribution in [3.8, 4) is 72.9 Å². The molecule has 314 valence electrons. The van der Waals surface area contributed by atoms with Crippen molar-refractivity contribution >= 4 is 10.9 Å². The fraction of sp³-hybridized carbons (Fsp3) is 0.0984. The predicted octanol–water partition coefficient (Wildman–Crippen LogP) is 14.9. The summed E-state index contributed by atoms with van der Waals surface area (Å²) in [4.78, 5) is 14.3. The average Bonchev–Trinajstić information content (AvgIpc) is 3.36. The lowest BCUT2D eigenvalue weighted by molar-refractivity contribution is 0.477. The number of phenols is 1. The van der Waals surface area contributed by atoms with Crippen molar-refractivity contribution in [2.24, 2.45) is 0 Å². The number of hydrogen-bond acceptors (Lipinski definition) is 4. The van der Waals surface area contributed by atoms with Gasteiger partial charge in [-0.05, 0) is 137 Å². The van der Waals surface area contributed by atoms with Crippen molar-refractivity contribution in [2.45, 2.75) is 39.5 Å². The van der Waals surface area contributed by atoms with Crippen molar-refractivity contribution in [3.05, 3.63) is 240 Å². The van der Waals surface area contributed by atoms with Crippen molar-refractivity contribution in [2.75, 3.05) is 0 Å². The number of aromatic hydroxyl groups is 1. The van der Waals surface area contributed by atoms with Gasteiger partial charge < -0.3 is 5.11 Å². The van der Waals surface area contributed by atoms with Gasteiger partial charge in [0.15, 0.2) is 0 Å². The van der Waals surface area contributed by atoms with Gasteiger partial charge in [0.05, 0.1) is 22.6 Å². The number of phenolic OH excluding ortho intramolecular Hbond substituents is 1. The van der Waals surface area contributed by atoms with E-state index < -0.39 is 0 Å². The van der Waals surface area contributed by atoms with E-state index in [9.17, 15) is 5.11 Å². The molecule has 0 aliphatic rings. The van der Waals surface area contributed by atoms with Crippen LogP contribution in [0.4, 0.5) is 0 Å². The Labute approximate surface area is 381 Å². The minimum Gasteiger partial charge on any atom is -0.507 e. The average molecular weight is 840 g/mol. The number of aromatic nitrogens is 3. The standard InChI is InChI=1S/C61H49N3O/c1-41-16-32-57(62-39-41)48-26-22-43(23-27-48)18-20-45-34-46(21-19-44-24-28-49(29-25-44)58-33-17-42(2)40-63-58)36-51(35-45)52-12-6-7-13-53(52)55-31-30-50(37-61(55)65)60-38-56(47-10-4-3-5-11-47)54-14-8-9-15-59(54)64-60/h3-17,22-40,65H,18-21H2,1-2H3. The van der Waals surface area contributed by atoms with Crippen LogP contribution < -0.4 is 0 Å². The maximum Gasteiger partial charge on any atom is 0.124 e. The van der Waals surface area contributed by atoms with Gasteiger partial charge in [-0.1, -0.05) is 158 Å². The molecule has 0 unspecified atom stereocenters. The van der Waals surface area contributed by atoms with Gasteiger partial charge in [-0.3, -0.25) is 9.97 Å². The van der Waals surface area contributed by atoms with E-state index in [1.165, 1.54) is 22.3 Å². The maximum absolute atomic E-state index is 11.9. The number of nitrogens with zero attached hydrogens (tertiary/aromatic N) is 3. The number of fused-ring (bicyclic) bond motifs is 1. The normalized spacial score (nSPS) is 11.2. The highest BCUT2D eigenvalue weighted by Gasteiger charge is 2.16. The van der Waals surface area contributed by atoms with Crippen LogP contribution in [0.2, 0.25) is 0 Å². The molecule has 65 heavy (non-hydrogen) atoms. The third kappa shape index (κ3) is 9.25. The van der Waals surface area contributed by atoms with Crippen molar-refractivity contribution in [3.63, 3.8) is 0 Å². The molecule has 4 heteroatoms. The first-order valence-corrected chi connectivity index (χ1v) is 22.5. The lowest BCUT2D eigenvalue weighted by Crippen LogP contribution is -1.98. The van der Waals surface area contributed by atoms with Crippen LogP contribution in [0.1, 0.15) is 33.4 Å². The molecule has 1 N–H and O–H groups in total. The van der Waals surface area contributed by atoms with E-state index in [-0.39, 0.29) is 5.75 Å². The van der Waals surface area contributed by atoms with Gasteiger partial charge in [-0.15, -0.1) is 0 Å². The zero-order valence-electron chi connectivity index (χ0n) is 36.7. The second-order valence-electron chi connectivity index (χ2n) is 17.1. The molecular formula is C61H49N3O. The molecule has 7 aromatic carbocycles. The van der Waals surface area contributed by atoms with E-state index in [0.29, 0.717) is 0 Å². The predicted molar refractivity (Wildman–Crippen MR) is 269 cm³/mol. The lowest BCUT2D eigenvalue weighted by Gasteiger charge is -2.16. The second-order valence-corrected chi connectivity index (χ2v) is 17.1. The fourth-order valence-electron chi connectivity index (χ4n) is 8.81. The quantitative estimate of drug-likeness (QED) is 0.133. The Bertz CT molecular complexity index is 3140. The molecule has 0 amide bonds. The van der Waals surface area contributed by atoms with Crippen LogP contribution in [0.5, 0.6) is 5.75 Å². The molecule has 0 atom stereocenters. The van der Waals surface area contributed by atoms with E-state index >= 15 is 0 Å². The first kappa shape index (κ1) is 41.1. The minimum absolute atomic E-state index is 0.219. The van der Waals surface area contributed by atoms with E-state index in [4.69, 9.17) is 4.98 Å². The summed E-state index contributed by atoms with van der Waals surface area (Å²) >= 11 is 0. The number of pyridine rings is 3. The van der Waals surface area contributed by atoms with Crippen LogP contribution in [0, 0.1) is 13.8 Å². The van der Waals surface area contributed by atoms with Crippen LogP contribution in [0.25, 0.3) is 78.1 Å². The van der Waals surface area contributed by atoms with Crippen molar-refractivity contribution < 1.29 is 5.11 Å². The molecule has 0 aliphatic heterocycles. The Morgan fingerprint density at radius 3 is 1.48 bits per heavy atom. The maximum atomic E-state index is 11.9. The highest BCUT2D eigenvalue weighted by Crippen LogP contribution is 2.40. The van der Waals surface area contributed by atoms with Crippen LogP contribution in [-0.2, 0) is 25.7 Å². The number of aryl methyl sites for hydroxylation is 6. The van der Waals surface area contributed by atoms with E-state index in [0.717, 1.165) is 115 Å². The monoisotopic (exact) mass is 839 g/mol. The van der Waals surface area contributed by atoms with Crippen molar-refractivity contribution in [1.82, 2.24) is 15.0 Å². The SMILES string of the molecule is Cc1ccc(-c2ccc(CCc3cc(CCc4ccc(-c5ccc(C)cn5)cc4)cc(-c4ccccc4-c4ccc(-c5cc(-c6ccccc6)c6ccccc6n5)cc4O)c3)cc2)nc1. The van der Waals surface area contributed by atoms with E-state index in [2.05, 4.69) is 194 Å². The molecular weight excluding hydrogens is 791 g/mol. The van der Waals surface area contributed by atoms with Gasteiger partial charge in [0.2, 0.25) is 0 Å². The summed E-state index contributed by atoms with van der Waals surface area (Å²) in [6.07, 6.45) is 7.46. The van der Waals surface area contributed by atoms with Crippen LogP contribution in [0.3, 0.4) is 0 Å². The summed E-state index contributed by atoms with van der Waals surface area (Å²) in [5.74, 6) is 0.219. The molecule has 0 saturated carbocycles. The van der Waals surface area contributed by atoms with Crippen LogP contribution in [-0.4, -0.2) is 20.1 Å². The highest BCUT2D eigenvalue weighted by atomic mass is 16.3. The molecule has 10 rings (SSSR count). The third-order valence-corrected chi connectivity index (χ3v) is 12.4. The number of hydrogen-bond donors (Lipinski definition) is 1. The van der Waals surface area contributed by atoms with E-state index in [1.807, 2.05) is 36.7 Å². The smallest absolute Gasteiger partial charge is 0.124 e. The Morgan fingerprint density at radius 2 is 0.892 bits per heavy atom. The molecule has 0 saturated heterocycles. The molecule has 0 aliphatic carbocycles. The number of para-hydroxylation sites is 1. The Balaban J connectivity index is 0.962. The summed E-state index contributed by atoms with van der Waals surface area (Å²) in [7, 11) is 0. The Kier molecular flexibility index (Phi) is 11.6. The molecule has 0 spiro atoms. The van der Waals surface area contributed by atoms with Crippen LogP contribution in [0.15, 0.2) is 207 Å². The molecule has 10 aromatic rings. The molecule has 3 heterocycles. The van der Waals surface area contributed by atoms with Crippen LogP contribution >= 0.6 is 0 Å². The first-order chi connectivity index (χ1) is 31.9. The van der Waals surface area contributed by atoms with Gasteiger partial charge >= 0.3 is 0 Å². The molecule has 0 radical (unpaired) electrons. The third-order valence-electron chi connectivity index (χ3n) is 12.4. The second kappa shape index (κ2) is 18.4. The Morgan fingerprint density at radius 1 is 0.354 bits per heavy atom. The number of rotatable bonds is 12. The molecule has 0 bridgehead atoms. The lowest BCUT2D eigenvalue weighted by atomic mass is 9.89. The highest BCUT2D eigenvalue weighted by molar-refractivity contribution is 5.97. The van der Waals surface area contributed by atoms with E-state index in [1.54, 1.807) is 0 Å². The summed E-state index contributed by atoms with van der Waals surface area (Å²) in [6.45, 7) is 4.13. The van der Waals surface area contributed by atoms with Gasteiger partial charge in [0, 0.05) is 40.0 Å². The zero-order chi connectivity index (χ0) is 44.1. The van der Waals surface area contributed by atoms with Gasteiger partial charge in [0.1, 0.15) is 5.75 Å². The number of benzene rings is 7. The summed E-state index contributed by atoms with van der Waals surface area (Å²) in [6, 6.07) is 68.4. The Hall–Kier alpha value is -7.95. The largest absolute Gasteiger partial charge is 0.507 e. The molecule has 0 fully saturated rings.